The predicted molar refractivity (Wildman–Crippen MR) is 93.8 cm³/mol. The first-order valence-electron chi connectivity index (χ1n) is 9.31. The molecule has 0 aliphatic carbocycles. The van der Waals surface area contributed by atoms with Crippen LogP contribution in [0.15, 0.2) is 30.3 Å². The summed E-state index contributed by atoms with van der Waals surface area (Å²) in [5.74, 6) is 1.29. The molecule has 23 heavy (non-hydrogen) atoms. The molecule has 2 heterocycles. The Morgan fingerprint density at radius 3 is 2.61 bits per heavy atom. The zero-order valence-electron chi connectivity index (χ0n) is 14.5. The minimum Gasteiger partial charge on any atom is -0.381 e. The van der Waals surface area contributed by atoms with Crippen molar-refractivity contribution < 1.29 is 9.47 Å². The summed E-state index contributed by atoms with van der Waals surface area (Å²) in [7, 11) is 0. The number of likely N-dealkylation sites (tertiary alicyclic amines) is 1. The first kappa shape index (κ1) is 16.9. The highest BCUT2D eigenvalue weighted by atomic mass is 16.5. The molecule has 0 spiro atoms. The zero-order chi connectivity index (χ0) is 15.9. The fourth-order valence-corrected chi connectivity index (χ4v) is 3.75. The fourth-order valence-electron chi connectivity index (χ4n) is 3.75. The molecule has 2 aliphatic heterocycles. The molecule has 0 unspecified atom stereocenters. The average Bonchev–Trinajstić information content (AvgIpc) is 3.13. The van der Waals surface area contributed by atoms with E-state index in [4.69, 9.17) is 9.47 Å². The van der Waals surface area contributed by atoms with Crippen molar-refractivity contribution in [1.29, 1.82) is 0 Å². The molecule has 2 saturated heterocycles. The Morgan fingerprint density at radius 2 is 1.96 bits per heavy atom. The lowest BCUT2D eigenvalue weighted by molar-refractivity contribution is -0.0112. The van der Waals surface area contributed by atoms with E-state index in [0.29, 0.717) is 17.9 Å². The van der Waals surface area contributed by atoms with Gasteiger partial charge in [0.05, 0.1) is 19.3 Å². The molecular weight excluding hydrogens is 286 g/mol. The number of benzene rings is 1. The maximum Gasteiger partial charge on any atom is 0.0599 e. The Morgan fingerprint density at radius 1 is 1.17 bits per heavy atom. The van der Waals surface area contributed by atoms with E-state index >= 15 is 0 Å². The van der Waals surface area contributed by atoms with Gasteiger partial charge in [-0.15, -0.1) is 0 Å². The number of nitrogens with zero attached hydrogens (tertiary/aromatic N) is 1. The molecule has 2 atom stereocenters. The smallest absolute Gasteiger partial charge is 0.0599 e. The van der Waals surface area contributed by atoms with Crippen LogP contribution in [0.4, 0.5) is 0 Å². The van der Waals surface area contributed by atoms with Crippen LogP contribution in [0.25, 0.3) is 0 Å². The molecule has 2 aliphatic rings. The number of ether oxygens (including phenoxy) is 2. The molecule has 0 aromatic heterocycles. The predicted octanol–water partition coefficient (Wildman–Crippen LogP) is 3.70. The molecule has 0 radical (unpaired) electrons. The quantitative estimate of drug-likeness (QED) is 0.765. The normalized spacial score (nSPS) is 24.8. The van der Waals surface area contributed by atoms with Crippen molar-refractivity contribution in [2.75, 3.05) is 39.5 Å². The van der Waals surface area contributed by atoms with Gasteiger partial charge in [-0.2, -0.15) is 0 Å². The van der Waals surface area contributed by atoms with E-state index in [0.717, 1.165) is 19.8 Å². The number of hydrogen-bond acceptors (Lipinski definition) is 3. The Hall–Kier alpha value is -0.900. The largest absolute Gasteiger partial charge is 0.381 e. The monoisotopic (exact) mass is 317 g/mol. The van der Waals surface area contributed by atoms with Gasteiger partial charge in [-0.25, -0.2) is 0 Å². The van der Waals surface area contributed by atoms with Gasteiger partial charge in [0, 0.05) is 32.2 Å². The van der Waals surface area contributed by atoms with Gasteiger partial charge >= 0.3 is 0 Å². The van der Waals surface area contributed by atoms with Crippen LogP contribution in [0.2, 0.25) is 0 Å². The van der Waals surface area contributed by atoms with E-state index in [1.807, 2.05) is 0 Å². The molecular formula is C20H31NO2. The maximum atomic E-state index is 6.12. The molecule has 3 rings (SSSR count). The summed E-state index contributed by atoms with van der Waals surface area (Å²) in [6.07, 6.45) is 5.21. The molecule has 1 aromatic carbocycles. The minimum atomic E-state index is 0.462. The summed E-state index contributed by atoms with van der Waals surface area (Å²) in [6, 6.07) is 11.0. The number of rotatable bonds is 7. The van der Waals surface area contributed by atoms with E-state index in [-0.39, 0.29) is 0 Å². The van der Waals surface area contributed by atoms with Crippen molar-refractivity contribution in [3.63, 3.8) is 0 Å². The van der Waals surface area contributed by atoms with Crippen molar-refractivity contribution in [2.45, 2.75) is 44.6 Å². The van der Waals surface area contributed by atoms with Gasteiger partial charge in [-0.1, -0.05) is 37.3 Å². The van der Waals surface area contributed by atoms with Crippen molar-refractivity contribution in [3.05, 3.63) is 35.9 Å². The average molecular weight is 317 g/mol. The molecule has 2 fully saturated rings. The maximum absolute atomic E-state index is 6.12. The molecule has 0 amide bonds. The zero-order valence-corrected chi connectivity index (χ0v) is 14.5. The molecule has 1 aromatic rings. The minimum absolute atomic E-state index is 0.462. The highest BCUT2D eigenvalue weighted by Crippen LogP contribution is 2.24. The van der Waals surface area contributed by atoms with Gasteiger partial charge in [0.25, 0.3) is 0 Å². The third-order valence-electron chi connectivity index (χ3n) is 5.37. The van der Waals surface area contributed by atoms with Gasteiger partial charge in [-0.3, -0.25) is 0 Å². The van der Waals surface area contributed by atoms with E-state index in [1.54, 1.807) is 0 Å². The highest BCUT2D eigenvalue weighted by Gasteiger charge is 2.24. The third-order valence-corrected chi connectivity index (χ3v) is 5.37. The van der Waals surface area contributed by atoms with E-state index < -0.39 is 0 Å². The Kier molecular flexibility index (Phi) is 6.49. The van der Waals surface area contributed by atoms with Crippen molar-refractivity contribution in [1.82, 2.24) is 4.90 Å². The van der Waals surface area contributed by atoms with E-state index in [9.17, 15) is 0 Å². The summed E-state index contributed by atoms with van der Waals surface area (Å²) < 4.78 is 11.5. The first-order valence-corrected chi connectivity index (χ1v) is 9.31. The van der Waals surface area contributed by atoms with Crippen molar-refractivity contribution in [2.24, 2.45) is 5.92 Å². The molecule has 3 heteroatoms. The van der Waals surface area contributed by atoms with Crippen LogP contribution in [-0.4, -0.2) is 50.5 Å². The summed E-state index contributed by atoms with van der Waals surface area (Å²) in [5.41, 5.74) is 1.48. The summed E-state index contributed by atoms with van der Waals surface area (Å²) in [4.78, 5) is 2.62. The van der Waals surface area contributed by atoms with Crippen LogP contribution in [0.3, 0.4) is 0 Å². The molecule has 0 saturated carbocycles. The molecule has 128 valence electrons. The summed E-state index contributed by atoms with van der Waals surface area (Å²) in [5, 5.41) is 0. The fraction of sp³-hybridized carbons (Fsp3) is 0.700. The summed E-state index contributed by atoms with van der Waals surface area (Å²) >= 11 is 0. The van der Waals surface area contributed by atoms with Gasteiger partial charge in [-0.05, 0) is 37.2 Å². The highest BCUT2D eigenvalue weighted by molar-refractivity contribution is 5.19. The van der Waals surface area contributed by atoms with Crippen molar-refractivity contribution >= 4 is 0 Å². The molecule has 0 N–H and O–H groups in total. The van der Waals surface area contributed by atoms with Gasteiger partial charge in [0.1, 0.15) is 0 Å². The first-order chi connectivity index (χ1) is 11.3. The Labute approximate surface area is 141 Å². The van der Waals surface area contributed by atoms with E-state index in [2.05, 4.69) is 42.2 Å². The third kappa shape index (κ3) is 5.03. The van der Waals surface area contributed by atoms with Crippen molar-refractivity contribution in [3.8, 4) is 0 Å². The van der Waals surface area contributed by atoms with Crippen LogP contribution >= 0.6 is 0 Å². The van der Waals surface area contributed by atoms with Crippen LogP contribution in [0, 0.1) is 5.92 Å². The molecule has 3 nitrogen and oxygen atoms in total. The van der Waals surface area contributed by atoms with Crippen LogP contribution in [0.5, 0.6) is 0 Å². The Bertz CT molecular complexity index is 436. The van der Waals surface area contributed by atoms with Gasteiger partial charge in [0.15, 0.2) is 0 Å². The second kappa shape index (κ2) is 8.81. The number of piperidine rings is 1. The Balaban J connectivity index is 1.39. The second-order valence-electron chi connectivity index (χ2n) is 7.08. The topological polar surface area (TPSA) is 21.7 Å². The van der Waals surface area contributed by atoms with Crippen LogP contribution in [-0.2, 0) is 9.47 Å². The molecule has 0 bridgehead atoms. The lowest BCUT2D eigenvalue weighted by Crippen LogP contribution is -2.39. The van der Waals surface area contributed by atoms with Crippen LogP contribution < -0.4 is 0 Å². The second-order valence-corrected chi connectivity index (χ2v) is 7.08. The lowest BCUT2D eigenvalue weighted by atomic mass is 9.95. The SMILES string of the molecule is CC[C@H](CN1CCC(OC[C@H]2CCOC2)CC1)c1ccccc1. The van der Waals surface area contributed by atoms with Gasteiger partial charge < -0.3 is 14.4 Å². The van der Waals surface area contributed by atoms with Crippen LogP contribution in [0.1, 0.15) is 44.1 Å². The van der Waals surface area contributed by atoms with Gasteiger partial charge in [0.2, 0.25) is 0 Å². The summed E-state index contributed by atoms with van der Waals surface area (Å²) in [6.45, 7) is 8.55. The lowest BCUT2D eigenvalue weighted by Gasteiger charge is -2.34. The standard InChI is InChI=1S/C20H31NO2/c1-2-18(19-6-4-3-5-7-19)14-21-11-8-20(9-12-21)23-16-17-10-13-22-15-17/h3-7,17-18,20H,2,8-16H2,1H3/t17-,18+/m0/s1. The number of hydrogen-bond donors (Lipinski definition) is 0. The van der Waals surface area contributed by atoms with E-state index in [1.165, 1.54) is 50.9 Å².